The Kier molecular flexibility index (Phi) is 3.12. The SMILES string of the molecule is N#Cc1cc(I)c(S)c(C=O)c1. The van der Waals surface area contributed by atoms with E-state index in [4.69, 9.17) is 5.26 Å². The molecule has 0 spiro atoms. The number of carbonyl (C=O) groups excluding carboxylic acids is 1. The first-order chi connectivity index (χ1) is 5.69. The van der Waals surface area contributed by atoms with Crippen molar-refractivity contribution in [1.29, 1.82) is 5.26 Å². The molecule has 0 aromatic heterocycles. The second-order valence-corrected chi connectivity index (χ2v) is 3.73. The first-order valence-electron chi connectivity index (χ1n) is 3.07. The van der Waals surface area contributed by atoms with E-state index in [1.807, 2.05) is 28.7 Å². The van der Waals surface area contributed by atoms with Gasteiger partial charge < -0.3 is 0 Å². The summed E-state index contributed by atoms with van der Waals surface area (Å²) >= 11 is 6.17. The molecule has 12 heavy (non-hydrogen) atoms. The van der Waals surface area contributed by atoms with Crippen LogP contribution in [0.1, 0.15) is 15.9 Å². The van der Waals surface area contributed by atoms with Crippen LogP contribution in [0.5, 0.6) is 0 Å². The normalized spacial score (nSPS) is 9.08. The fourth-order valence-corrected chi connectivity index (χ4v) is 1.60. The topological polar surface area (TPSA) is 40.9 Å². The summed E-state index contributed by atoms with van der Waals surface area (Å²) in [5.41, 5.74) is 0.945. The lowest BCUT2D eigenvalue weighted by Gasteiger charge is -2.00. The molecule has 4 heteroatoms. The lowest BCUT2D eigenvalue weighted by Crippen LogP contribution is -1.88. The molecule has 1 aromatic rings. The number of nitriles is 1. The third-order valence-electron chi connectivity index (χ3n) is 1.35. The van der Waals surface area contributed by atoms with Crippen LogP contribution in [-0.2, 0) is 0 Å². The van der Waals surface area contributed by atoms with E-state index < -0.39 is 0 Å². The van der Waals surface area contributed by atoms with Crippen molar-refractivity contribution in [3.8, 4) is 6.07 Å². The summed E-state index contributed by atoms with van der Waals surface area (Å²) in [5.74, 6) is 0. The van der Waals surface area contributed by atoms with Crippen LogP contribution in [0.2, 0.25) is 0 Å². The Labute approximate surface area is 89.1 Å². The minimum absolute atomic E-state index is 0.460. The summed E-state index contributed by atoms with van der Waals surface area (Å²) in [4.78, 5) is 11.1. The van der Waals surface area contributed by atoms with Gasteiger partial charge in [-0.2, -0.15) is 5.26 Å². The van der Waals surface area contributed by atoms with E-state index in [0.717, 1.165) is 3.57 Å². The molecule has 0 saturated heterocycles. The molecule has 0 heterocycles. The number of rotatable bonds is 1. The quantitative estimate of drug-likeness (QED) is 0.489. The van der Waals surface area contributed by atoms with E-state index in [1.165, 1.54) is 6.07 Å². The van der Waals surface area contributed by atoms with Gasteiger partial charge in [-0.15, -0.1) is 12.6 Å². The van der Waals surface area contributed by atoms with E-state index in [9.17, 15) is 4.79 Å². The monoisotopic (exact) mass is 289 g/mol. The third-order valence-corrected chi connectivity index (χ3v) is 3.13. The first-order valence-corrected chi connectivity index (χ1v) is 4.59. The van der Waals surface area contributed by atoms with Crippen LogP contribution in [0.4, 0.5) is 0 Å². The maximum absolute atomic E-state index is 10.5. The molecule has 0 saturated carbocycles. The predicted molar refractivity (Wildman–Crippen MR) is 56.5 cm³/mol. The van der Waals surface area contributed by atoms with E-state index in [-0.39, 0.29) is 0 Å². The van der Waals surface area contributed by atoms with Gasteiger partial charge in [-0.05, 0) is 34.7 Å². The largest absolute Gasteiger partial charge is 0.298 e. The maximum atomic E-state index is 10.5. The van der Waals surface area contributed by atoms with Gasteiger partial charge in [-0.1, -0.05) is 0 Å². The molecule has 0 radical (unpaired) electrons. The molecule has 1 aromatic carbocycles. The molecule has 0 bridgehead atoms. The molecular weight excluding hydrogens is 285 g/mol. The number of thiol groups is 1. The molecule has 0 fully saturated rings. The van der Waals surface area contributed by atoms with Crippen molar-refractivity contribution in [2.45, 2.75) is 4.90 Å². The number of benzene rings is 1. The third kappa shape index (κ3) is 1.79. The highest BCUT2D eigenvalue weighted by Crippen LogP contribution is 2.21. The summed E-state index contributed by atoms with van der Waals surface area (Å²) in [5, 5.41) is 8.58. The summed E-state index contributed by atoms with van der Waals surface area (Å²) in [6.07, 6.45) is 0.700. The fourth-order valence-electron chi connectivity index (χ4n) is 0.775. The second-order valence-electron chi connectivity index (χ2n) is 2.13. The van der Waals surface area contributed by atoms with Crippen molar-refractivity contribution in [3.63, 3.8) is 0 Å². The summed E-state index contributed by atoms with van der Waals surface area (Å²) in [7, 11) is 0. The van der Waals surface area contributed by atoms with Gasteiger partial charge in [0, 0.05) is 14.0 Å². The number of hydrogen-bond donors (Lipinski definition) is 1. The van der Waals surface area contributed by atoms with Gasteiger partial charge in [0.15, 0.2) is 6.29 Å². The zero-order chi connectivity index (χ0) is 9.14. The highest BCUT2D eigenvalue weighted by Gasteiger charge is 2.04. The molecule has 0 aliphatic carbocycles. The summed E-state index contributed by atoms with van der Waals surface area (Å²) in [6.45, 7) is 0. The molecule has 60 valence electrons. The Balaban J connectivity index is 3.41. The molecule has 0 N–H and O–H groups in total. The zero-order valence-corrected chi connectivity index (χ0v) is 8.96. The molecule has 2 nitrogen and oxygen atoms in total. The van der Waals surface area contributed by atoms with E-state index >= 15 is 0 Å². The van der Waals surface area contributed by atoms with E-state index in [0.29, 0.717) is 22.3 Å². The Morgan fingerprint density at radius 3 is 2.75 bits per heavy atom. The highest BCUT2D eigenvalue weighted by molar-refractivity contribution is 14.1. The van der Waals surface area contributed by atoms with Crippen LogP contribution in [0.15, 0.2) is 17.0 Å². The van der Waals surface area contributed by atoms with Crippen molar-refractivity contribution in [2.24, 2.45) is 0 Å². The number of aldehydes is 1. The standard InChI is InChI=1S/C8H4INOS/c9-7-2-5(3-10)1-6(4-11)8(7)12/h1-2,4,12H. The first kappa shape index (κ1) is 9.55. The van der Waals surface area contributed by atoms with Crippen molar-refractivity contribution in [1.82, 2.24) is 0 Å². The van der Waals surface area contributed by atoms with Crippen molar-refractivity contribution >= 4 is 41.5 Å². The molecule has 0 amide bonds. The van der Waals surface area contributed by atoms with Crippen LogP contribution in [0, 0.1) is 14.9 Å². The van der Waals surface area contributed by atoms with Crippen LogP contribution in [0.25, 0.3) is 0 Å². The predicted octanol–water partition coefficient (Wildman–Crippen LogP) is 2.26. The molecule has 1 rings (SSSR count). The Hall–Kier alpha value is -0.540. The lowest BCUT2D eigenvalue weighted by atomic mass is 10.1. The fraction of sp³-hybridized carbons (Fsp3) is 0. The van der Waals surface area contributed by atoms with Gasteiger partial charge in [-0.3, -0.25) is 4.79 Å². The summed E-state index contributed by atoms with van der Waals surface area (Å²) in [6, 6.07) is 5.19. The average molecular weight is 289 g/mol. The number of nitrogens with zero attached hydrogens (tertiary/aromatic N) is 1. The molecular formula is C8H4INOS. The van der Waals surface area contributed by atoms with Crippen LogP contribution >= 0.6 is 35.2 Å². The van der Waals surface area contributed by atoms with Gasteiger partial charge in [0.05, 0.1) is 11.6 Å². The van der Waals surface area contributed by atoms with Gasteiger partial charge in [0.1, 0.15) is 0 Å². The van der Waals surface area contributed by atoms with Crippen molar-refractivity contribution < 1.29 is 4.79 Å². The van der Waals surface area contributed by atoms with Gasteiger partial charge in [-0.25, -0.2) is 0 Å². The minimum Gasteiger partial charge on any atom is -0.298 e. The van der Waals surface area contributed by atoms with Gasteiger partial charge in [0.25, 0.3) is 0 Å². The molecule has 0 unspecified atom stereocenters. The van der Waals surface area contributed by atoms with Crippen LogP contribution in [0.3, 0.4) is 0 Å². The van der Waals surface area contributed by atoms with Gasteiger partial charge >= 0.3 is 0 Å². The molecule has 0 atom stereocenters. The molecule has 0 aliphatic rings. The van der Waals surface area contributed by atoms with Crippen molar-refractivity contribution in [2.75, 3.05) is 0 Å². The number of halogens is 1. The van der Waals surface area contributed by atoms with Crippen molar-refractivity contribution in [3.05, 3.63) is 26.8 Å². The Bertz CT molecular complexity index is 370. The van der Waals surface area contributed by atoms with Gasteiger partial charge in [0.2, 0.25) is 0 Å². The summed E-state index contributed by atoms with van der Waals surface area (Å²) < 4.78 is 0.817. The maximum Gasteiger partial charge on any atom is 0.151 e. The Morgan fingerprint density at radius 1 is 1.58 bits per heavy atom. The smallest absolute Gasteiger partial charge is 0.151 e. The number of carbonyl (C=O) groups is 1. The minimum atomic E-state index is 0.460. The second kappa shape index (κ2) is 3.92. The molecule has 0 aliphatic heterocycles. The average Bonchev–Trinajstić information content (AvgIpc) is 2.09. The van der Waals surface area contributed by atoms with Crippen LogP contribution in [-0.4, -0.2) is 6.29 Å². The number of hydrogen-bond acceptors (Lipinski definition) is 3. The zero-order valence-electron chi connectivity index (χ0n) is 5.91. The van der Waals surface area contributed by atoms with E-state index in [1.54, 1.807) is 6.07 Å². The highest BCUT2D eigenvalue weighted by atomic mass is 127. The Morgan fingerprint density at radius 2 is 2.25 bits per heavy atom. The van der Waals surface area contributed by atoms with E-state index in [2.05, 4.69) is 12.6 Å². The van der Waals surface area contributed by atoms with Crippen LogP contribution < -0.4 is 0 Å². The lowest BCUT2D eigenvalue weighted by molar-refractivity contribution is 0.112.